The van der Waals surface area contributed by atoms with Crippen molar-refractivity contribution < 1.29 is 0 Å². The fourth-order valence-electron chi connectivity index (χ4n) is 2.57. The molecule has 0 bridgehead atoms. The van der Waals surface area contributed by atoms with Gasteiger partial charge in [0.1, 0.15) is 0 Å². The molecule has 1 fully saturated rings. The Kier molecular flexibility index (Phi) is 5.43. The summed E-state index contributed by atoms with van der Waals surface area (Å²) >= 11 is 0. The van der Waals surface area contributed by atoms with Gasteiger partial charge in [-0.3, -0.25) is 4.99 Å². The first-order chi connectivity index (χ1) is 9.81. The molecule has 0 amide bonds. The van der Waals surface area contributed by atoms with Crippen LogP contribution in [0.4, 0.5) is 0 Å². The summed E-state index contributed by atoms with van der Waals surface area (Å²) in [4.78, 5) is 4.27. The predicted octanol–water partition coefficient (Wildman–Crippen LogP) is 2.56. The van der Waals surface area contributed by atoms with E-state index in [1.807, 2.05) is 24.3 Å². The summed E-state index contributed by atoms with van der Waals surface area (Å²) in [7, 11) is 1.80. The molecule has 0 heterocycles. The fourth-order valence-corrected chi connectivity index (χ4v) is 2.57. The van der Waals surface area contributed by atoms with Crippen LogP contribution in [0.15, 0.2) is 29.3 Å². The molecule has 1 saturated carbocycles. The van der Waals surface area contributed by atoms with Crippen LogP contribution >= 0.6 is 0 Å². The zero-order valence-corrected chi connectivity index (χ0v) is 12.0. The van der Waals surface area contributed by atoms with E-state index in [-0.39, 0.29) is 0 Å². The summed E-state index contributed by atoms with van der Waals surface area (Å²) in [5.74, 6) is 0.847. The molecule has 4 heteroatoms. The van der Waals surface area contributed by atoms with Crippen molar-refractivity contribution in [3.8, 4) is 6.07 Å². The first kappa shape index (κ1) is 14.4. The van der Waals surface area contributed by atoms with Gasteiger partial charge in [-0.1, -0.05) is 31.4 Å². The van der Waals surface area contributed by atoms with Gasteiger partial charge in [-0.2, -0.15) is 5.26 Å². The van der Waals surface area contributed by atoms with Crippen molar-refractivity contribution in [2.45, 2.75) is 44.7 Å². The molecule has 2 rings (SSSR count). The highest BCUT2D eigenvalue weighted by Gasteiger charge is 2.14. The predicted molar refractivity (Wildman–Crippen MR) is 81.4 cm³/mol. The molecule has 0 saturated heterocycles. The van der Waals surface area contributed by atoms with Crippen LogP contribution in [-0.4, -0.2) is 19.0 Å². The average Bonchev–Trinajstić information content (AvgIpc) is 2.52. The number of hydrogen-bond acceptors (Lipinski definition) is 2. The van der Waals surface area contributed by atoms with Gasteiger partial charge in [-0.15, -0.1) is 0 Å². The smallest absolute Gasteiger partial charge is 0.191 e. The van der Waals surface area contributed by atoms with E-state index >= 15 is 0 Å². The summed E-state index contributed by atoms with van der Waals surface area (Å²) in [5.41, 5.74) is 1.79. The zero-order valence-electron chi connectivity index (χ0n) is 12.0. The number of benzene rings is 1. The number of guanidine groups is 1. The summed E-state index contributed by atoms with van der Waals surface area (Å²) in [6.45, 7) is 0.682. The quantitative estimate of drug-likeness (QED) is 0.655. The van der Waals surface area contributed by atoms with E-state index in [1.54, 1.807) is 7.05 Å². The van der Waals surface area contributed by atoms with Crippen LogP contribution in [0.5, 0.6) is 0 Å². The lowest BCUT2D eigenvalue weighted by molar-refractivity contribution is 0.410. The molecule has 0 spiro atoms. The third-order valence-corrected chi connectivity index (χ3v) is 3.69. The second-order valence-corrected chi connectivity index (χ2v) is 5.22. The van der Waals surface area contributed by atoms with Gasteiger partial charge < -0.3 is 10.6 Å². The standard InChI is InChI=1S/C16H22N4/c1-18-16(20-15-8-3-2-4-9-15)19-12-14-7-5-6-13(10-14)11-17/h5-7,10,15H,2-4,8-9,12H2,1H3,(H2,18,19,20). The molecule has 0 atom stereocenters. The molecular weight excluding hydrogens is 248 g/mol. The van der Waals surface area contributed by atoms with Crippen molar-refractivity contribution in [1.82, 2.24) is 10.6 Å². The van der Waals surface area contributed by atoms with E-state index in [1.165, 1.54) is 32.1 Å². The molecule has 20 heavy (non-hydrogen) atoms. The lowest BCUT2D eigenvalue weighted by Gasteiger charge is -2.24. The van der Waals surface area contributed by atoms with E-state index in [9.17, 15) is 0 Å². The van der Waals surface area contributed by atoms with Crippen molar-refractivity contribution >= 4 is 5.96 Å². The lowest BCUT2D eigenvalue weighted by atomic mass is 9.96. The molecule has 0 radical (unpaired) electrons. The van der Waals surface area contributed by atoms with Gasteiger partial charge in [-0.25, -0.2) is 0 Å². The van der Waals surface area contributed by atoms with E-state index in [0.29, 0.717) is 18.2 Å². The number of nitrogens with one attached hydrogen (secondary N) is 2. The van der Waals surface area contributed by atoms with Crippen LogP contribution < -0.4 is 10.6 Å². The number of rotatable bonds is 3. The Hall–Kier alpha value is -2.02. The molecule has 1 aliphatic carbocycles. The van der Waals surface area contributed by atoms with Crippen LogP contribution in [0.2, 0.25) is 0 Å². The summed E-state index contributed by atoms with van der Waals surface area (Å²) in [6, 6.07) is 10.3. The number of hydrogen-bond donors (Lipinski definition) is 2. The van der Waals surface area contributed by atoms with Gasteiger partial charge in [0.15, 0.2) is 5.96 Å². The van der Waals surface area contributed by atoms with Crippen LogP contribution in [-0.2, 0) is 6.54 Å². The second-order valence-electron chi connectivity index (χ2n) is 5.22. The SMILES string of the molecule is CN=C(NCc1cccc(C#N)c1)NC1CCCCC1. The summed E-state index contributed by atoms with van der Waals surface area (Å²) in [5, 5.41) is 15.7. The maximum atomic E-state index is 8.90. The zero-order chi connectivity index (χ0) is 14.2. The van der Waals surface area contributed by atoms with Gasteiger partial charge >= 0.3 is 0 Å². The monoisotopic (exact) mass is 270 g/mol. The van der Waals surface area contributed by atoms with Crippen LogP contribution in [0, 0.1) is 11.3 Å². The molecule has 0 unspecified atom stereocenters. The van der Waals surface area contributed by atoms with Crippen molar-refractivity contribution in [3.05, 3.63) is 35.4 Å². The number of nitriles is 1. The molecule has 1 aromatic carbocycles. The Labute approximate surface area is 120 Å². The molecular formula is C16H22N4. The highest BCUT2D eigenvalue weighted by atomic mass is 15.2. The molecule has 2 N–H and O–H groups in total. The van der Waals surface area contributed by atoms with E-state index in [0.717, 1.165) is 11.5 Å². The summed E-state index contributed by atoms with van der Waals surface area (Å²) in [6.07, 6.45) is 6.41. The lowest BCUT2D eigenvalue weighted by Crippen LogP contribution is -2.43. The van der Waals surface area contributed by atoms with Crippen LogP contribution in [0.1, 0.15) is 43.2 Å². The highest BCUT2D eigenvalue weighted by molar-refractivity contribution is 5.79. The Morgan fingerprint density at radius 2 is 2.15 bits per heavy atom. The third kappa shape index (κ3) is 4.27. The minimum absolute atomic E-state index is 0.542. The molecule has 0 aliphatic heterocycles. The largest absolute Gasteiger partial charge is 0.354 e. The molecule has 4 nitrogen and oxygen atoms in total. The van der Waals surface area contributed by atoms with Gasteiger partial charge in [-0.05, 0) is 30.5 Å². The van der Waals surface area contributed by atoms with E-state index in [2.05, 4.69) is 21.7 Å². The first-order valence-corrected chi connectivity index (χ1v) is 7.28. The normalized spacial score (nSPS) is 16.5. The maximum absolute atomic E-state index is 8.90. The van der Waals surface area contributed by atoms with Crippen molar-refractivity contribution in [2.24, 2.45) is 4.99 Å². The van der Waals surface area contributed by atoms with Crippen LogP contribution in [0.25, 0.3) is 0 Å². The molecule has 106 valence electrons. The van der Waals surface area contributed by atoms with Gasteiger partial charge in [0.2, 0.25) is 0 Å². The molecule has 0 aromatic heterocycles. The van der Waals surface area contributed by atoms with Crippen molar-refractivity contribution in [1.29, 1.82) is 5.26 Å². The topological polar surface area (TPSA) is 60.2 Å². The Morgan fingerprint density at radius 1 is 1.35 bits per heavy atom. The van der Waals surface area contributed by atoms with E-state index in [4.69, 9.17) is 5.26 Å². The number of nitrogens with zero attached hydrogens (tertiary/aromatic N) is 2. The molecule has 1 aromatic rings. The Balaban J connectivity index is 1.85. The van der Waals surface area contributed by atoms with Crippen LogP contribution in [0.3, 0.4) is 0 Å². The second kappa shape index (κ2) is 7.54. The fraction of sp³-hybridized carbons (Fsp3) is 0.500. The average molecular weight is 270 g/mol. The first-order valence-electron chi connectivity index (χ1n) is 7.28. The molecule has 1 aliphatic rings. The maximum Gasteiger partial charge on any atom is 0.191 e. The minimum Gasteiger partial charge on any atom is -0.354 e. The van der Waals surface area contributed by atoms with E-state index < -0.39 is 0 Å². The van der Waals surface area contributed by atoms with Gasteiger partial charge in [0.05, 0.1) is 11.6 Å². The summed E-state index contributed by atoms with van der Waals surface area (Å²) < 4.78 is 0. The Morgan fingerprint density at radius 3 is 2.85 bits per heavy atom. The minimum atomic E-state index is 0.542. The number of aliphatic imine (C=N–C) groups is 1. The van der Waals surface area contributed by atoms with Gasteiger partial charge in [0, 0.05) is 19.6 Å². The van der Waals surface area contributed by atoms with Gasteiger partial charge in [0.25, 0.3) is 0 Å². The Bertz CT molecular complexity index is 495. The highest BCUT2D eigenvalue weighted by Crippen LogP contribution is 2.17. The van der Waals surface area contributed by atoms with Crippen molar-refractivity contribution in [3.63, 3.8) is 0 Å². The third-order valence-electron chi connectivity index (χ3n) is 3.69. The van der Waals surface area contributed by atoms with Crippen molar-refractivity contribution in [2.75, 3.05) is 7.05 Å².